The third kappa shape index (κ3) is 3.77. The third-order valence-corrected chi connectivity index (χ3v) is 4.99. The van der Waals surface area contributed by atoms with E-state index in [-0.39, 0.29) is 27.6 Å². The van der Waals surface area contributed by atoms with Gasteiger partial charge in [-0.1, -0.05) is 12.1 Å². The molecular weight excluding hydrogens is 388 g/mol. The van der Waals surface area contributed by atoms with Crippen molar-refractivity contribution in [2.24, 2.45) is 0 Å². The van der Waals surface area contributed by atoms with Gasteiger partial charge in [0, 0.05) is 17.2 Å². The highest BCUT2D eigenvalue weighted by Gasteiger charge is 2.17. The Kier molecular flexibility index (Phi) is 4.75. The van der Waals surface area contributed by atoms with Crippen LogP contribution in [0.15, 0.2) is 53.4 Å². The zero-order chi connectivity index (χ0) is 20.6. The predicted molar refractivity (Wildman–Crippen MR) is 101 cm³/mol. The van der Waals surface area contributed by atoms with Gasteiger partial charge in [0.2, 0.25) is 0 Å². The lowest BCUT2D eigenvalue weighted by Gasteiger charge is -2.10. The Morgan fingerprint density at radius 2 is 1.79 bits per heavy atom. The first-order chi connectivity index (χ1) is 13.1. The van der Waals surface area contributed by atoms with Gasteiger partial charge < -0.3 is 10.4 Å². The molecule has 3 aromatic carbocycles. The summed E-state index contributed by atoms with van der Waals surface area (Å²) in [5.74, 6) is -0.998. The zero-order valence-corrected chi connectivity index (χ0v) is 15.2. The van der Waals surface area contributed by atoms with Gasteiger partial charge in [-0.05, 0) is 48.0 Å². The van der Waals surface area contributed by atoms with E-state index >= 15 is 0 Å². The van der Waals surface area contributed by atoms with Crippen molar-refractivity contribution in [1.82, 2.24) is 0 Å². The van der Waals surface area contributed by atoms with Crippen LogP contribution in [0.25, 0.3) is 10.8 Å². The molecule has 28 heavy (non-hydrogen) atoms. The lowest BCUT2D eigenvalue weighted by atomic mass is 10.1. The lowest BCUT2D eigenvalue weighted by molar-refractivity contribution is -0.385. The van der Waals surface area contributed by atoms with Gasteiger partial charge in [0.25, 0.3) is 21.7 Å². The summed E-state index contributed by atoms with van der Waals surface area (Å²) in [6.07, 6.45) is 0. The fraction of sp³-hybridized carbons (Fsp3) is 0.0556. The monoisotopic (exact) mass is 402 g/mol. The molecule has 1 amide bonds. The number of phenols is 1. The van der Waals surface area contributed by atoms with E-state index in [4.69, 9.17) is 4.55 Å². The van der Waals surface area contributed by atoms with Crippen LogP contribution in [0.1, 0.15) is 15.9 Å². The number of nitro groups is 1. The van der Waals surface area contributed by atoms with Gasteiger partial charge in [-0.3, -0.25) is 19.5 Å². The molecule has 3 rings (SSSR count). The molecule has 0 saturated heterocycles. The van der Waals surface area contributed by atoms with Crippen molar-refractivity contribution in [2.75, 3.05) is 5.32 Å². The number of rotatable bonds is 4. The van der Waals surface area contributed by atoms with Crippen LogP contribution < -0.4 is 5.32 Å². The van der Waals surface area contributed by atoms with Crippen molar-refractivity contribution in [1.29, 1.82) is 0 Å². The van der Waals surface area contributed by atoms with E-state index in [9.17, 15) is 28.4 Å². The molecule has 3 aromatic rings. The van der Waals surface area contributed by atoms with Crippen LogP contribution in [0.2, 0.25) is 0 Å². The molecule has 0 aliphatic heterocycles. The van der Waals surface area contributed by atoms with Crippen molar-refractivity contribution < 1.29 is 27.8 Å². The third-order valence-electron chi connectivity index (χ3n) is 4.14. The summed E-state index contributed by atoms with van der Waals surface area (Å²) in [5.41, 5.74) is 0.289. The highest BCUT2D eigenvalue weighted by molar-refractivity contribution is 7.85. The Morgan fingerprint density at radius 1 is 1.07 bits per heavy atom. The van der Waals surface area contributed by atoms with E-state index < -0.39 is 20.9 Å². The molecule has 144 valence electrons. The van der Waals surface area contributed by atoms with Gasteiger partial charge in [-0.2, -0.15) is 8.42 Å². The molecule has 0 saturated carbocycles. The molecule has 0 atom stereocenters. The second kappa shape index (κ2) is 6.91. The number of aromatic hydroxyl groups is 1. The summed E-state index contributed by atoms with van der Waals surface area (Å²) in [7, 11) is -4.39. The normalized spacial score (nSPS) is 11.4. The molecule has 0 bridgehead atoms. The Bertz CT molecular complexity index is 1240. The number of benzene rings is 3. The number of phenolic OH excluding ortho intramolecular Hbond substituents is 1. The average molecular weight is 402 g/mol. The molecule has 9 nitrogen and oxygen atoms in total. The van der Waals surface area contributed by atoms with E-state index in [1.807, 2.05) is 0 Å². The minimum absolute atomic E-state index is 0.0403. The molecule has 3 N–H and O–H groups in total. The molecular formula is C18H14N2O7S. The number of nitrogens with one attached hydrogen (secondary N) is 1. The quantitative estimate of drug-likeness (QED) is 0.263. The summed E-state index contributed by atoms with van der Waals surface area (Å²) in [4.78, 5) is 22.5. The van der Waals surface area contributed by atoms with E-state index in [2.05, 4.69) is 5.32 Å². The van der Waals surface area contributed by atoms with Crippen molar-refractivity contribution in [3.05, 3.63) is 69.8 Å². The summed E-state index contributed by atoms with van der Waals surface area (Å²) in [6, 6.07) is 10.4. The van der Waals surface area contributed by atoms with Gasteiger partial charge >= 0.3 is 0 Å². The van der Waals surface area contributed by atoms with Crippen molar-refractivity contribution >= 4 is 38.2 Å². The molecule has 0 heterocycles. The molecule has 0 aliphatic carbocycles. The molecule has 0 unspecified atom stereocenters. The lowest BCUT2D eigenvalue weighted by Crippen LogP contribution is -2.12. The number of carbonyl (C=O) groups excluding carboxylic acids is 1. The molecule has 0 fully saturated rings. The standard InChI is InChI=1S/C18H14N2O7S/c1-10-2-3-12(8-16(10)20(23)24)18(22)19-15-7-11-4-5-14(28(25,26)27)6-13(11)9-17(15)21/h2-9,21H,1H3,(H,19,22)(H,25,26,27). The summed E-state index contributed by atoms with van der Waals surface area (Å²) < 4.78 is 31.5. The van der Waals surface area contributed by atoms with Crippen LogP contribution in [0.5, 0.6) is 5.75 Å². The fourth-order valence-corrected chi connectivity index (χ4v) is 3.18. The van der Waals surface area contributed by atoms with Crippen LogP contribution in [0, 0.1) is 17.0 Å². The maximum Gasteiger partial charge on any atom is 0.294 e. The number of hydrogen-bond donors (Lipinski definition) is 3. The fourth-order valence-electron chi connectivity index (χ4n) is 2.67. The first-order valence-corrected chi connectivity index (χ1v) is 9.31. The van der Waals surface area contributed by atoms with E-state index in [0.29, 0.717) is 16.3 Å². The zero-order valence-electron chi connectivity index (χ0n) is 14.4. The first-order valence-electron chi connectivity index (χ1n) is 7.87. The van der Waals surface area contributed by atoms with Gasteiger partial charge in [0.15, 0.2) is 0 Å². The Balaban J connectivity index is 1.96. The number of aryl methyl sites for hydroxylation is 1. The summed E-state index contributed by atoms with van der Waals surface area (Å²) >= 11 is 0. The topological polar surface area (TPSA) is 147 Å². The number of carbonyl (C=O) groups is 1. The van der Waals surface area contributed by atoms with Crippen molar-refractivity contribution in [3.63, 3.8) is 0 Å². The average Bonchev–Trinajstić information content (AvgIpc) is 2.61. The number of hydrogen-bond acceptors (Lipinski definition) is 6. The van der Waals surface area contributed by atoms with Gasteiger partial charge in [0.05, 0.1) is 15.5 Å². The second-order valence-electron chi connectivity index (χ2n) is 6.07. The molecule has 10 heteroatoms. The number of amides is 1. The Morgan fingerprint density at radius 3 is 2.43 bits per heavy atom. The van der Waals surface area contributed by atoms with Crippen LogP contribution in [-0.2, 0) is 10.1 Å². The molecule has 0 aliphatic rings. The minimum Gasteiger partial charge on any atom is -0.506 e. The van der Waals surface area contributed by atoms with Crippen molar-refractivity contribution in [2.45, 2.75) is 11.8 Å². The number of nitrogens with zero attached hydrogens (tertiary/aromatic N) is 1. The number of nitro benzene ring substituents is 1. The van der Waals surface area contributed by atoms with E-state index in [1.54, 1.807) is 6.92 Å². The second-order valence-corrected chi connectivity index (χ2v) is 7.49. The highest BCUT2D eigenvalue weighted by Crippen LogP contribution is 2.31. The highest BCUT2D eigenvalue weighted by atomic mass is 32.2. The predicted octanol–water partition coefficient (Wildman–Crippen LogP) is 3.26. The maximum absolute atomic E-state index is 12.4. The Hall–Kier alpha value is -3.50. The maximum atomic E-state index is 12.4. The van der Waals surface area contributed by atoms with Gasteiger partial charge in [0.1, 0.15) is 5.75 Å². The number of fused-ring (bicyclic) bond motifs is 1. The van der Waals surface area contributed by atoms with Crippen LogP contribution in [-0.4, -0.2) is 28.9 Å². The summed E-state index contributed by atoms with van der Waals surface area (Å²) in [5, 5.41) is 24.5. The van der Waals surface area contributed by atoms with Crippen LogP contribution in [0.3, 0.4) is 0 Å². The molecule has 0 radical (unpaired) electrons. The summed E-state index contributed by atoms with van der Waals surface area (Å²) in [6.45, 7) is 1.55. The largest absolute Gasteiger partial charge is 0.506 e. The van der Waals surface area contributed by atoms with Gasteiger partial charge in [-0.25, -0.2) is 0 Å². The SMILES string of the molecule is Cc1ccc(C(=O)Nc2cc3ccc(S(=O)(=O)O)cc3cc2O)cc1[N+](=O)[O-]. The molecule has 0 aromatic heterocycles. The first kappa shape index (κ1) is 19.3. The van der Waals surface area contributed by atoms with E-state index in [1.165, 1.54) is 42.5 Å². The van der Waals surface area contributed by atoms with Gasteiger partial charge in [-0.15, -0.1) is 0 Å². The number of anilines is 1. The smallest absolute Gasteiger partial charge is 0.294 e. The van der Waals surface area contributed by atoms with E-state index in [0.717, 1.165) is 6.07 Å². The van der Waals surface area contributed by atoms with Crippen LogP contribution >= 0.6 is 0 Å². The minimum atomic E-state index is -4.39. The van der Waals surface area contributed by atoms with Crippen molar-refractivity contribution in [3.8, 4) is 5.75 Å². The molecule has 0 spiro atoms. The van der Waals surface area contributed by atoms with Crippen LogP contribution in [0.4, 0.5) is 11.4 Å². The Labute approximate surface area is 159 Å².